The normalized spacial score (nSPS) is 22.9. The van der Waals surface area contributed by atoms with Crippen molar-refractivity contribution in [2.24, 2.45) is 0 Å². The van der Waals surface area contributed by atoms with Gasteiger partial charge in [-0.25, -0.2) is 0 Å². The molecule has 0 radical (unpaired) electrons. The number of hydrogen-bond donors (Lipinski definition) is 5. The summed E-state index contributed by atoms with van der Waals surface area (Å²) < 4.78 is 0. The van der Waals surface area contributed by atoms with Crippen molar-refractivity contribution in [2.45, 2.75) is 174 Å². The third-order valence-corrected chi connectivity index (χ3v) is 24.5. The summed E-state index contributed by atoms with van der Waals surface area (Å²) in [5.41, 5.74) is 11.6. The highest BCUT2D eigenvalue weighted by Crippen LogP contribution is 2.47. The molecule has 4 aromatic heterocycles. The second-order valence-corrected chi connectivity index (χ2v) is 31.7. The number of nitrogens with zero attached hydrogens (tertiary/aromatic N) is 8. The highest BCUT2D eigenvalue weighted by molar-refractivity contribution is 7.19. The quantitative estimate of drug-likeness (QED) is 0.0467. The summed E-state index contributed by atoms with van der Waals surface area (Å²) >= 11 is 3.53. The number of carbonyl (C=O) groups is 3. The molecular weight excluding hydrogens is 1180 g/mol. The molecule has 2 atom stereocenters. The lowest BCUT2D eigenvalue weighted by atomic mass is 9.88. The van der Waals surface area contributed by atoms with Crippen molar-refractivity contribution in [1.29, 1.82) is 0 Å². The topological polar surface area (TPSA) is 161 Å². The van der Waals surface area contributed by atoms with Crippen LogP contribution < -0.4 is 5.32 Å². The number of nitrogens with one attached hydrogen (secondary N) is 3. The van der Waals surface area contributed by atoms with Gasteiger partial charge in [-0.3, -0.25) is 29.1 Å². The predicted molar refractivity (Wildman–Crippen MR) is 372 cm³/mol. The molecule has 0 saturated carbocycles. The second kappa shape index (κ2) is 27.8. The van der Waals surface area contributed by atoms with Crippen LogP contribution in [0.5, 0.6) is 0 Å². The number of piperazine rings is 3. The number of aromatic amines is 2. The van der Waals surface area contributed by atoms with Crippen molar-refractivity contribution < 1.29 is 24.6 Å². The van der Waals surface area contributed by atoms with Crippen LogP contribution in [0.3, 0.4) is 0 Å². The largest absolute Gasteiger partial charge is 0.390 e. The highest BCUT2D eigenvalue weighted by Gasteiger charge is 2.49. The van der Waals surface area contributed by atoms with Gasteiger partial charge in [-0.05, 0) is 192 Å². The number of aliphatic hydroxyl groups excluding tert-OH is 2. The number of aryl methyl sites for hydroxylation is 4. The third kappa shape index (κ3) is 14.5. The van der Waals surface area contributed by atoms with Crippen molar-refractivity contribution in [3.63, 3.8) is 0 Å². The number of amides is 3. The van der Waals surface area contributed by atoms with Gasteiger partial charge >= 0.3 is 0 Å². The van der Waals surface area contributed by atoms with Crippen molar-refractivity contribution >= 4 is 60.8 Å². The number of hydrogen-bond acceptors (Lipinski definition) is 13. The number of benzene rings is 2. The summed E-state index contributed by atoms with van der Waals surface area (Å²) in [6.45, 7) is 34.6. The first-order valence-corrected chi connectivity index (χ1v) is 36.3. The van der Waals surface area contributed by atoms with Crippen LogP contribution in [0, 0.1) is 27.7 Å². The average Bonchev–Trinajstić information content (AvgIpc) is 1.61. The predicted octanol–water partition coefficient (Wildman–Crippen LogP) is 9.31. The summed E-state index contributed by atoms with van der Waals surface area (Å²) in [6.07, 6.45) is 10.5. The number of fused-ring (bicyclic) bond motifs is 6. The van der Waals surface area contributed by atoms with E-state index in [1.54, 1.807) is 22.7 Å². The highest BCUT2D eigenvalue weighted by atomic mass is 32.1. The average molecular weight is 1280 g/mol. The molecule has 0 aliphatic carbocycles. The Kier molecular flexibility index (Phi) is 20.1. The lowest BCUT2D eigenvalue weighted by Gasteiger charge is -2.36. The van der Waals surface area contributed by atoms with E-state index in [0.717, 1.165) is 135 Å². The molecule has 7 aliphatic rings. The maximum atomic E-state index is 14.0. The van der Waals surface area contributed by atoms with Crippen LogP contribution in [0.25, 0.3) is 42.9 Å². The van der Waals surface area contributed by atoms with Gasteiger partial charge in [0.2, 0.25) is 17.7 Å². The zero-order valence-corrected chi connectivity index (χ0v) is 58.0. The maximum absolute atomic E-state index is 14.0. The first kappa shape index (κ1) is 66.0. The number of H-pyrrole nitrogens is 2. The van der Waals surface area contributed by atoms with Gasteiger partial charge in [0.1, 0.15) is 9.66 Å². The van der Waals surface area contributed by atoms with Gasteiger partial charge in [0.25, 0.3) is 0 Å². The molecule has 4 bridgehead atoms. The molecular formula is C73H105N11O5S2. The van der Waals surface area contributed by atoms with Gasteiger partial charge in [-0.1, -0.05) is 41.3 Å². The van der Waals surface area contributed by atoms with Crippen molar-refractivity contribution in [1.82, 2.24) is 54.5 Å². The van der Waals surface area contributed by atoms with Crippen molar-refractivity contribution in [3.8, 4) is 22.5 Å². The summed E-state index contributed by atoms with van der Waals surface area (Å²) in [6, 6.07) is 20.0. The van der Waals surface area contributed by atoms with Gasteiger partial charge in [0.05, 0.1) is 41.0 Å². The van der Waals surface area contributed by atoms with E-state index in [4.69, 9.17) is 0 Å². The van der Waals surface area contributed by atoms with Crippen molar-refractivity contribution in [3.05, 3.63) is 91.7 Å². The number of carbonyl (C=O) groups excluding carboxylic acids is 3. The second-order valence-electron chi connectivity index (χ2n) is 29.5. The molecule has 7 aliphatic heterocycles. The molecule has 2 unspecified atom stereocenters. The van der Waals surface area contributed by atoms with Crippen LogP contribution in [0.4, 0.5) is 0 Å². The number of β-amino-alcohol motifs (C(OH)–C–C–N with tert-alkyl or cyclic N) is 2. The van der Waals surface area contributed by atoms with Crippen LogP contribution in [0.1, 0.15) is 129 Å². The lowest BCUT2D eigenvalue weighted by molar-refractivity contribution is -0.138. The SMILES string of the molecule is CCN(C)CC(O)CN1CCN(CCc2c(-c3cc(C)cc(C)c3)[nH]c3sc(C(C)(C)C(=O)N4C5CCC4CC5)cc23)CC1.Cc1cc(C)cc(-c2[nH]c3sc(C(C)(C)C(=O)N4C5CCC4CC5)cc3c2CCN2CCN(CC(O)CN3CCNC(=O)C3)CC2)c1. The molecule has 494 valence electrons. The van der Waals surface area contributed by atoms with E-state index >= 15 is 0 Å². The van der Waals surface area contributed by atoms with Crippen LogP contribution in [-0.4, -0.2) is 238 Å². The Morgan fingerprint density at radius 1 is 0.549 bits per heavy atom. The molecule has 18 heteroatoms. The third-order valence-electron chi connectivity index (χ3n) is 21.8. The van der Waals surface area contributed by atoms with Gasteiger partial charge in [0, 0.05) is 149 Å². The Hall–Kier alpha value is -4.99. The van der Waals surface area contributed by atoms with E-state index < -0.39 is 16.9 Å². The fraction of sp³-hybridized carbons (Fsp3) is 0.630. The van der Waals surface area contributed by atoms with Gasteiger partial charge < -0.3 is 50.0 Å². The fourth-order valence-electron chi connectivity index (χ4n) is 16.6. The summed E-state index contributed by atoms with van der Waals surface area (Å²) in [4.78, 5) is 70.6. The summed E-state index contributed by atoms with van der Waals surface area (Å²) in [5, 5.41) is 26.7. The molecule has 11 heterocycles. The van der Waals surface area contributed by atoms with Crippen molar-refractivity contribution in [2.75, 3.05) is 125 Å². The Morgan fingerprint density at radius 2 is 0.923 bits per heavy atom. The van der Waals surface area contributed by atoms with Crippen LogP contribution in [-0.2, 0) is 38.1 Å². The molecule has 91 heavy (non-hydrogen) atoms. The van der Waals surface area contributed by atoms with E-state index in [-0.39, 0.29) is 12.0 Å². The van der Waals surface area contributed by atoms with Crippen LogP contribution in [0.2, 0.25) is 0 Å². The van der Waals surface area contributed by atoms with Crippen LogP contribution in [0.15, 0.2) is 48.5 Å². The summed E-state index contributed by atoms with van der Waals surface area (Å²) in [5.74, 6) is 0.654. The minimum absolute atomic E-state index is 0.0436. The van der Waals surface area contributed by atoms with E-state index in [1.165, 1.54) is 107 Å². The Morgan fingerprint density at radius 3 is 1.31 bits per heavy atom. The number of aromatic nitrogens is 2. The molecule has 7 saturated heterocycles. The van der Waals surface area contributed by atoms with Crippen LogP contribution >= 0.6 is 22.7 Å². The Labute approximate surface area is 549 Å². The van der Waals surface area contributed by atoms with E-state index in [9.17, 15) is 24.6 Å². The number of thiophene rings is 2. The zero-order chi connectivity index (χ0) is 64.0. The Bertz CT molecular complexity index is 3470. The standard InChI is InChI=1S/C37H52N6O3S.C36H53N5O2S/c1-24-17-25(2)19-26(18-24)34-30(9-11-40-13-15-41(16-14-40)21-29(44)22-42-12-10-38-33(45)23-42)31-20-32(47-35(31)39-34)37(3,4)36(46)43-27-5-6-28(43)8-7-27;1-7-38(6)22-29(42)23-40-16-14-39(15-17-40)13-12-30-31-21-32(36(4,5)35(43)41-27-8-9-28(41)11-10-27)44-34(31)37-33(30)26-19-24(2)18-25(3)20-26/h17-20,27-29,39,44H,5-16,21-23H2,1-4H3,(H,38,45);18-21,27-29,37,42H,7-17,22-23H2,1-6H3. The smallest absolute Gasteiger partial charge is 0.234 e. The van der Waals surface area contributed by atoms with Gasteiger partial charge in [-0.2, -0.15) is 0 Å². The summed E-state index contributed by atoms with van der Waals surface area (Å²) in [7, 11) is 2.07. The number of likely N-dealkylation sites (N-methyl/N-ethyl adjacent to an activating group) is 1. The van der Waals surface area contributed by atoms with Gasteiger partial charge in [-0.15, -0.1) is 22.7 Å². The monoisotopic (exact) mass is 1280 g/mol. The Balaban J connectivity index is 0.000000176. The fourth-order valence-corrected chi connectivity index (χ4v) is 18.9. The van der Waals surface area contributed by atoms with E-state index in [1.807, 2.05) is 4.90 Å². The first-order chi connectivity index (χ1) is 43.6. The number of rotatable bonds is 21. The minimum atomic E-state index is -0.547. The first-order valence-electron chi connectivity index (χ1n) is 34.6. The molecule has 16 nitrogen and oxygen atoms in total. The molecule has 3 amide bonds. The molecule has 2 aromatic carbocycles. The molecule has 13 rings (SSSR count). The molecule has 5 N–H and O–H groups in total. The maximum Gasteiger partial charge on any atom is 0.234 e. The lowest BCUT2D eigenvalue weighted by Crippen LogP contribution is -2.53. The molecule has 0 spiro atoms. The van der Waals surface area contributed by atoms with E-state index in [0.29, 0.717) is 62.2 Å². The van der Waals surface area contributed by atoms with E-state index in [2.05, 4.69) is 167 Å². The molecule has 7 fully saturated rings. The molecule has 6 aromatic rings. The zero-order valence-electron chi connectivity index (χ0n) is 56.4. The van der Waals surface area contributed by atoms with Gasteiger partial charge in [0.15, 0.2) is 0 Å². The minimum Gasteiger partial charge on any atom is -0.390 e. The number of aliphatic hydroxyl groups is 2.